The zero-order valence-corrected chi connectivity index (χ0v) is 10.4. The molecule has 1 aliphatic rings. The highest BCUT2D eigenvalue weighted by molar-refractivity contribution is 5.78. The Bertz CT molecular complexity index is 212. The van der Waals surface area contributed by atoms with E-state index in [2.05, 4.69) is 26.1 Å². The Morgan fingerprint density at radius 3 is 2.47 bits per heavy atom. The summed E-state index contributed by atoms with van der Waals surface area (Å²) in [5.41, 5.74) is 0. The molecule has 88 valence electrons. The molecule has 0 aromatic heterocycles. The maximum absolute atomic E-state index is 11.8. The number of amides is 1. The molecule has 1 atom stereocenters. The minimum Gasteiger partial charge on any atom is -0.342 e. The Morgan fingerprint density at radius 1 is 1.40 bits per heavy atom. The quantitative estimate of drug-likeness (QED) is 0.726. The van der Waals surface area contributed by atoms with Gasteiger partial charge in [0.05, 0.1) is 6.54 Å². The highest BCUT2D eigenvalue weighted by Gasteiger charge is 2.23. The zero-order valence-electron chi connectivity index (χ0n) is 10.4. The van der Waals surface area contributed by atoms with E-state index in [0.29, 0.717) is 24.5 Å². The molecule has 0 saturated heterocycles. The van der Waals surface area contributed by atoms with Crippen LogP contribution < -0.4 is 5.32 Å². The third kappa shape index (κ3) is 4.65. The molecule has 1 N–H and O–H groups in total. The fraction of sp³-hybridized carbons (Fsp3) is 0.917. The summed E-state index contributed by atoms with van der Waals surface area (Å²) < 4.78 is 0. The van der Waals surface area contributed by atoms with Crippen LogP contribution in [0.5, 0.6) is 0 Å². The Morgan fingerprint density at radius 2 is 2.00 bits per heavy atom. The third-order valence-corrected chi connectivity index (χ3v) is 2.99. The summed E-state index contributed by atoms with van der Waals surface area (Å²) in [6.45, 7) is 7.01. The van der Waals surface area contributed by atoms with Crippen LogP contribution >= 0.6 is 0 Å². The zero-order chi connectivity index (χ0) is 11.4. The second-order valence-corrected chi connectivity index (χ2v) is 5.14. The molecule has 0 aromatic rings. The van der Waals surface area contributed by atoms with Crippen LogP contribution in [-0.4, -0.2) is 36.5 Å². The van der Waals surface area contributed by atoms with Crippen molar-refractivity contribution in [3.8, 4) is 0 Å². The molecule has 1 unspecified atom stereocenters. The molecule has 0 bridgehead atoms. The maximum atomic E-state index is 11.8. The van der Waals surface area contributed by atoms with Gasteiger partial charge < -0.3 is 10.2 Å². The maximum Gasteiger partial charge on any atom is 0.236 e. The number of rotatable bonds is 6. The SMILES string of the molecule is CC(C)CC(C)N(C)C(=O)CNC1CC1. The Balaban J connectivity index is 2.23. The predicted octanol–water partition coefficient (Wildman–Crippen LogP) is 1.63. The van der Waals surface area contributed by atoms with Crippen LogP contribution in [0.4, 0.5) is 0 Å². The van der Waals surface area contributed by atoms with Gasteiger partial charge in [-0.05, 0) is 32.1 Å². The molecule has 1 fully saturated rings. The van der Waals surface area contributed by atoms with Crippen molar-refractivity contribution in [3.63, 3.8) is 0 Å². The molecule has 1 amide bonds. The summed E-state index contributed by atoms with van der Waals surface area (Å²) in [7, 11) is 1.91. The van der Waals surface area contributed by atoms with Crippen LogP contribution in [0, 0.1) is 5.92 Å². The van der Waals surface area contributed by atoms with E-state index < -0.39 is 0 Å². The van der Waals surface area contributed by atoms with Gasteiger partial charge in [-0.15, -0.1) is 0 Å². The second-order valence-electron chi connectivity index (χ2n) is 5.14. The van der Waals surface area contributed by atoms with Crippen LogP contribution in [0.25, 0.3) is 0 Å². The van der Waals surface area contributed by atoms with Gasteiger partial charge in [0.15, 0.2) is 0 Å². The van der Waals surface area contributed by atoms with Crippen molar-refractivity contribution in [1.29, 1.82) is 0 Å². The van der Waals surface area contributed by atoms with Gasteiger partial charge in [-0.2, -0.15) is 0 Å². The van der Waals surface area contributed by atoms with Crippen molar-refractivity contribution in [2.75, 3.05) is 13.6 Å². The number of carbonyl (C=O) groups is 1. The summed E-state index contributed by atoms with van der Waals surface area (Å²) >= 11 is 0. The van der Waals surface area contributed by atoms with E-state index in [0.717, 1.165) is 6.42 Å². The van der Waals surface area contributed by atoms with Crippen molar-refractivity contribution >= 4 is 5.91 Å². The first-order valence-corrected chi connectivity index (χ1v) is 5.99. The fourth-order valence-corrected chi connectivity index (χ4v) is 1.73. The first-order chi connectivity index (χ1) is 7.00. The van der Waals surface area contributed by atoms with Crippen molar-refractivity contribution in [1.82, 2.24) is 10.2 Å². The van der Waals surface area contributed by atoms with Gasteiger partial charge in [-0.25, -0.2) is 0 Å². The minimum absolute atomic E-state index is 0.218. The number of likely N-dealkylation sites (N-methyl/N-ethyl adjacent to an activating group) is 1. The average Bonchev–Trinajstić information content (AvgIpc) is 2.95. The fourth-order valence-electron chi connectivity index (χ4n) is 1.73. The molecule has 0 aliphatic heterocycles. The van der Waals surface area contributed by atoms with Gasteiger partial charge >= 0.3 is 0 Å². The van der Waals surface area contributed by atoms with Crippen molar-refractivity contribution in [3.05, 3.63) is 0 Å². The molecular formula is C12H24N2O. The van der Waals surface area contributed by atoms with E-state index in [-0.39, 0.29) is 5.91 Å². The standard InChI is InChI=1S/C12H24N2O/c1-9(2)7-10(3)14(4)12(15)8-13-11-5-6-11/h9-11,13H,5-8H2,1-4H3. The van der Waals surface area contributed by atoms with E-state index in [4.69, 9.17) is 0 Å². The monoisotopic (exact) mass is 212 g/mol. The molecule has 1 rings (SSSR count). The Kier molecular flexibility index (Phi) is 4.58. The first-order valence-electron chi connectivity index (χ1n) is 5.99. The molecule has 1 saturated carbocycles. The summed E-state index contributed by atoms with van der Waals surface area (Å²) in [5.74, 6) is 0.863. The lowest BCUT2D eigenvalue weighted by Gasteiger charge is -2.26. The van der Waals surface area contributed by atoms with Crippen LogP contribution in [-0.2, 0) is 4.79 Å². The largest absolute Gasteiger partial charge is 0.342 e. The van der Waals surface area contributed by atoms with Crippen molar-refractivity contribution < 1.29 is 4.79 Å². The van der Waals surface area contributed by atoms with E-state index in [9.17, 15) is 4.79 Å². The summed E-state index contributed by atoms with van der Waals surface area (Å²) in [5, 5.41) is 3.25. The highest BCUT2D eigenvalue weighted by Crippen LogP contribution is 2.18. The molecule has 3 heteroatoms. The van der Waals surface area contributed by atoms with Gasteiger partial charge in [-0.1, -0.05) is 13.8 Å². The molecule has 0 aromatic carbocycles. The number of nitrogens with one attached hydrogen (secondary N) is 1. The van der Waals surface area contributed by atoms with Gasteiger partial charge in [0.1, 0.15) is 0 Å². The topological polar surface area (TPSA) is 32.3 Å². The number of carbonyl (C=O) groups excluding carboxylic acids is 1. The van der Waals surface area contributed by atoms with E-state index in [1.54, 1.807) is 0 Å². The highest BCUT2D eigenvalue weighted by atomic mass is 16.2. The van der Waals surface area contributed by atoms with Crippen LogP contribution in [0.15, 0.2) is 0 Å². The lowest BCUT2D eigenvalue weighted by molar-refractivity contribution is -0.131. The molecule has 3 nitrogen and oxygen atoms in total. The van der Waals surface area contributed by atoms with Gasteiger partial charge in [0.25, 0.3) is 0 Å². The molecule has 0 radical (unpaired) electrons. The summed E-state index contributed by atoms with van der Waals surface area (Å²) in [6.07, 6.45) is 3.54. The Hall–Kier alpha value is -0.570. The van der Waals surface area contributed by atoms with Crippen LogP contribution in [0.3, 0.4) is 0 Å². The van der Waals surface area contributed by atoms with E-state index in [1.807, 2.05) is 11.9 Å². The summed E-state index contributed by atoms with van der Waals surface area (Å²) in [6, 6.07) is 0.959. The predicted molar refractivity (Wildman–Crippen MR) is 62.7 cm³/mol. The normalized spacial score (nSPS) is 17.9. The third-order valence-electron chi connectivity index (χ3n) is 2.99. The smallest absolute Gasteiger partial charge is 0.236 e. The van der Waals surface area contributed by atoms with E-state index >= 15 is 0 Å². The average molecular weight is 212 g/mol. The molecular weight excluding hydrogens is 188 g/mol. The lowest BCUT2D eigenvalue weighted by Crippen LogP contribution is -2.41. The Labute approximate surface area is 93.2 Å². The van der Waals surface area contributed by atoms with Gasteiger partial charge in [0.2, 0.25) is 5.91 Å². The molecule has 0 heterocycles. The summed E-state index contributed by atoms with van der Waals surface area (Å²) in [4.78, 5) is 13.6. The molecule has 15 heavy (non-hydrogen) atoms. The van der Waals surface area contributed by atoms with Crippen LogP contribution in [0.1, 0.15) is 40.0 Å². The number of nitrogens with zero attached hydrogens (tertiary/aromatic N) is 1. The molecule has 1 aliphatic carbocycles. The van der Waals surface area contributed by atoms with Crippen LogP contribution in [0.2, 0.25) is 0 Å². The van der Waals surface area contributed by atoms with Gasteiger partial charge in [-0.3, -0.25) is 4.79 Å². The molecule has 0 spiro atoms. The number of hydrogen-bond acceptors (Lipinski definition) is 2. The van der Waals surface area contributed by atoms with Crippen molar-refractivity contribution in [2.24, 2.45) is 5.92 Å². The van der Waals surface area contributed by atoms with E-state index in [1.165, 1.54) is 12.8 Å². The second kappa shape index (κ2) is 5.50. The van der Waals surface area contributed by atoms with Gasteiger partial charge in [0, 0.05) is 19.1 Å². The lowest BCUT2D eigenvalue weighted by atomic mass is 10.0. The van der Waals surface area contributed by atoms with Crippen molar-refractivity contribution in [2.45, 2.75) is 52.1 Å². The first kappa shape index (κ1) is 12.5. The minimum atomic E-state index is 0.218. The number of hydrogen-bond donors (Lipinski definition) is 1.